The fourth-order valence-electron chi connectivity index (χ4n) is 3.12. The molecule has 7 nitrogen and oxygen atoms in total. The third kappa shape index (κ3) is 5.68. The maximum atomic E-state index is 12.6. The SMILES string of the molecule is O=C(Nc1ccccc1C(=O)NCCCCCc1nc(-c2cccs2)no1)c1cccs1. The number of nitrogens with one attached hydrogen (secondary N) is 2. The van der Waals surface area contributed by atoms with Gasteiger partial charge in [0.2, 0.25) is 11.7 Å². The van der Waals surface area contributed by atoms with Crippen molar-refractivity contribution in [1.82, 2.24) is 15.5 Å². The fourth-order valence-corrected chi connectivity index (χ4v) is 4.39. The molecule has 0 bridgehead atoms. The van der Waals surface area contributed by atoms with Crippen molar-refractivity contribution in [2.75, 3.05) is 11.9 Å². The van der Waals surface area contributed by atoms with Gasteiger partial charge in [-0.25, -0.2) is 0 Å². The Balaban J connectivity index is 1.20. The molecule has 0 aliphatic carbocycles. The summed E-state index contributed by atoms with van der Waals surface area (Å²) in [6.07, 6.45) is 3.37. The third-order valence-electron chi connectivity index (χ3n) is 4.73. The van der Waals surface area contributed by atoms with Crippen LogP contribution < -0.4 is 10.6 Å². The molecule has 2 amide bonds. The highest BCUT2D eigenvalue weighted by atomic mass is 32.1. The first-order chi connectivity index (χ1) is 15.7. The van der Waals surface area contributed by atoms with Crippen LogP contribution in [0.4, 0.5) is 5.69 Å². The van der Waals surface area contributed by atoms with Crippen LogP contribution in [0.5, 0.6) is 0 Å². The van der Waals surface area contributed by atoms with E-state index in [1.165, 1.54) is 11.3 Å². The monoisotopic (exact) mass is 466 g/mol. The molecule has 2 N–H and O–H groups in total. The van der Waals surface area contributed by atoms with Crippen molar-refractivity contribution in [3.8, 4) is 10.7 Å². The summed E-state index contributed by atoms with van der Waals surface area (Å²) < 4.78 is 5.30. The predicted octanol–water partition coefficient (Wildman–Crippen LogP) is 5.25. The summed E-state index contributed by atoms with van der Waals surface area (Å²) in [4.78, 5) is 30.9. The molecule has 4 aromatic rings. The molecule has 0 unspecified atom stereocenters. The Bertz CT molecular complexity index is 1150. The highest BCUT2D eigenvalue weighted by Crippen LogP contribution is 2.22. The normalized spacial score (nSPS) is 10.8. The minimum absolute atomic E-state index is 0.204. The highest BCUT2D eigenvalue weighted by molar-refractivity contribution is 7.13. The number of aromatic nitrogens is 2. The number of para-hydroxylation sites is 1. The van der Waals surface area contributed by atoms with Gasteiger partial charge in [0.05, 0.1) is 21.0 Å². The summed E-state index contributed by atoms with van der Waals surface area (Å²) in [5.41, 5.74) is 0.950. The largest absolute Gasteiger partial charge is 0.352 e. The van der Waals surface area contributed by atoms with Gasteiger partial charge in [0.15, 0.2) is 0 Å². The Morgan fingerprint density at radius 2 is 1.75 bits per heavy atom. The molecular formula is C23H22N4O3S2. The number of hydrogen-bond acceptors (Lipinski definition) is 7. The summed E-state index contributed by atoms with van der Waals surface area (Å²) in [7, 11) is 0. The van der Waals surface area contributed by atoms with Crippen molar-refractivity contribution in [3.05, 3.63) is 75.6 Å². The first kappa shape index (κ1) is 21.9. The lowest BCUT2D eigenvalue weighted by Crippen LogP contribution is -2.26. The van der Waals surface area contributed by atoms with Crippen molar-refractivity contribution in [3.63, 3.8) is 0 Å². The highest BCUT2D eigenvalue weighted by Gasteiger charge is 2.14. The van der Waals surface area contributed by atoms with E-state index in [0.717, 1.165) is 24.1 Å². The Kier molecular flexibility index (Phi) is 7.42. The van der Waals surface area contributed by atoms with E-state index in [-0.39, 0.29) is 11.8 Å². The number of carbonyl (C=O) groups is 2. The number of thiophene rings is 2. The summed E-state index contributed by atoms with van der Waals surface area (Å²) in [6, 6.07) is 14.5. The maximum absolute atomic E-state index is 12.6. The zero-order valence-electron chi connectivity index (χ0n) is 17.2. The summed E-state index contributed by atoms with van der Waals surface area (Å²) in [5, 5.41) is 13.6. The van der Waals surface area contributed by atoms with Crippen molar-refractivity contribution in [2.45, 2.75) is 25.7 Å². The standard InChI is InChI=1S/C23H22N4O3S2/c28-22(16-8-3-4-9-17(16)25-23(29)19-11-7-15-32-19)24-13-5-1-2-12-20-26-21(27-30-20)18-10-6-14-31-18/h3-4,6-11,14-15H,1-2,5,12-13H2,(H,24,28)(H,25,29). The summed E-state index contributed by atoms with van der Waals surface area (Å²) >= 11 is 2.94. The van der Waals surface area contributed by atoms with Crippen molar-refractivity contribution in [2.24, 2.45) is 0 Å². The van der Waals surface area contributed by atoms with E-state index in [2.05, 4.69) is 20.8 Å². The molecule has 0 radical (unpaired) electrons. The first-order valence-corrected chi connectivity index (χ1v) is 12.0. The molecule has 3 heterocycles. The minimum Gasteiger partial charge on any atom is -0.352 e. The number of aryl methyl sites for hydroxylation is 1. The van der Waals surface area contributed by atoms with E-state index in [1.807, 2.05) is 29.0 Å². The van der Waals surface area contributed by atoms with Crippen molar-refractivity contribution in [1.29, 1.82) is 0 Å². The second-order valence-corrected chi connectivity index (χ2v) is 8.93. The number of hydrogen-bond donors (Lipinski definition) is 2. The number of nitrogens with zero attached hydrogens (tertiary/aromatic N) is 2. The van der Waals surface area contributed by atoms with E-state index in [9.17, 15) is 9.59 Å². The van der Waals surface area contributed by atoms with Gasteiger partial charge in [-0.1, -0.05) is 35.8 Å². The Morgan fingerprint density at radius 3 is 2.56 bits per heavy atom. The van der Waals surface area contributed by atoms with Crippen LogP contribution in [0.15, 0.2) is 63.8 Å². The van der Waals surface area contributed by atoms with Gasteiger partial charge in [0.25, 0.3) is 11.8 Å². The predicted molar refractivity (Wildman–Crippen MR) is 126 cm³/mol. The molecule has 164 valence electrons. The number of anilines is 1. The molecule has 0 atom stereocenters. The van der Waals surface area contributed by atoms with E-state index in [0.29, 0.717) is 40.8 Å². The third-order valence-corrected chi connectivity index (χ3v) is 6.46. The summed E-state index contributed by atoms with van der Waals surface area (Å²) in [5.74, 6) is 0.841. The zero-order chi connectivity index (χ0) is 22.2. The quantitative estimate of drug-likeness (QED) is 0.311. The first-order valence-electron chi connectivity index (χ1n) is 10.3. The molecular weight excluding hydrogens is 444 g/mol. The smallest absolute Gasteiger partial charge is 0.265 e. The Morgan fingerprint density at radius 1 is 0.906 bits per heavy atom. The Labute approximate surface area is 193 Å². The van der Waals surface area contributed by atoms with Crippen LogP contribution in [-0.4, -0.2) is 28.5 Å². The van der Waals surface area contributed by atoms with Crippen LogP contribution in [0.3, 0.4) is 0 Å². The van der Waals surface area contributed by atoms with E-state index in [1.54, 1.807) is 41.7 Å². The van der Waals surface area contributed by atoms with Crippen LogP contribution in [0.2, 0.25) is 0 Å². The molecule has 0 spiro atoms. The zero-order valence-corrected chi connectivity index (χ0v) is 18.9. The molecule has 9 heteroatoms. The molecule has 32 heavy (non-hydrogen) atoms. The van der Waals surface area contributed by atoms with Crippen LogP contribution in [0.25, 0.3) is 10.7 Å². The van der Waals surface area contributed by atoms with Gasteiger partial charge < -0.3 is 15.2 Å². The van der Waals surface area contributed by atoms with Crippen LogP contribution in [0, 0.1) is 0 Å². The van der Waals surface area contributed by atoms with Crippen LogP contribution in [0.1, 0.15) is 45.2 Å². The lowest BCUT2D eigenvalue weighted by Gasteiger charge is -2.11. The fraction of sp³-hybridized carbons (Fsp3) is 0.217. The van der Waals surface area contributed by atoms with E-state index in [4.69, 9.17) is 4.52 Å². The van der Waals surface area contributed by atoms with E-state index >= 15 is 0 Å². The van der Waals surface area contributed by atoms with E-state index < -0.39 is 0 Å². The molecule has 0 aliphatic heterocycles. The molecule has 1 aromatic carbocycles. The van der Waals surface area contributed by atoms with Crippen molar-refractivity contribution >= 4 is 40.2 Å². The number of carbonyl (C=O) groups excluding carboxylic acids is 2. The molecule has 0 fully saturated rings. The number of unbranched alkanes of at least 4 members (excludes halogenated alkanes) is 2. The maximum Gasteiger partial charge on any atom is 0.265 e. The van der Waals surface area contributed by atoms with Crippen molar-refractivity contribution < 1.29 is 14.1 Å². The Hall–Kier alpha value is -3.30. The molecule has 0 saturated carbocycles. The number of benzene rings is 1. The number of rotatable bonds is 10. The molecule has 0 aliphatic rings. The minimum atomic E-state index is -0.219. The summed E-state index contributed by atoms with van der Waals surface area (Å²) in [6.45, 7) is 0.552. The van der Waals surface area contributed by atoms with Gasteiger partial charge in [-0.15, -0.1) is 22.7 Å². The lowest BCUT2D eigenvalue weighted by atomic mass is 10.1. The number of amides is 2. The topological polar surface area (TPSA) is 97.1 Å². The molecule has 4 rings (SSSR count). The van der Waals surface area contributed by atoms with Gasteiger partial charge in [-0.05, 0) is 47.9 Å². The van der Waals surface area contributed by atoms with Gasteiger partial charge >= 0.3 is 0 Å². The molecule has 0 saturated heterocycles. The van der Waals surface area contributed by atoms with Crippen LogP contribution >= 0.6 is 22.7 Å². The average Bonchev–Trinajstić information content (AvgIpc) is 3.58. The van der Waals surface area contributed by atoms with Gasteiger partial charge in [-0.3, -0.25) is 9.59 Å². The second-order valence-electron chi connectivity index (χ2n) is 7.03. The van der Waals surface area contributed by atoms with Gasteiger partial charge in [-0.2, -0.15) is 4.98 Å². The lowest BCUT2D eigenvalue weighted by molar-refractivity contribution is 0.0953. The van der Waals surface area contributed by atoms with Gasteiger partial charge in [0, 0.05) is 13.0 Å². The van der Waals surface area contributed by atoms with Crippen LogP contribution in [-0.2, 0) is 6.42 Å². The average molecular weight is 467 g/mol. The molecule has 3 aromatic heterocycles. The second kappa shape index (κ2) is 10.8. The van der Waals surface area contributed by atoms with Gasteiger partial charge in [0.1, 0.15) is 0 Å².